The van der Waals surface area contributed by atoms with Crippen LogP contribution < -0.4 is 10.6 Å². The zero-order chi connectivity index (χ0) is 19.1. The van der Waals surface area contributed by atoms with Crippen LogP contribution in [0.1, 0.15) is 49.4 Å². The van der Waals surface area contributed by atoms with Crippen LogP contribution in [0.5, 0.6) is 0 Å². The molecule has 1 aromatic rings. The van der Waals surface area contributed by atoms with E-state index in [0.29, 0.717) is 24.4 Å². The Morgan fingerprint density at radius 3 is 2.78 bits per heavy atom. The number of nitrogens with one attached hydrogen (secondary N) is 2. The molecule has 0 radical (unpaired) electrons. The zero-order valence-electron chi connectivity index (χ0n) is 16.2. The fraction of sp³-hybridized carbons (Fsp3) is 0.619. The van der Waals surface area contributed by atoms with Crippen LogP contribution in [-0.4, -0.2) is 55.6 Å². The largest absolute Gasteiger partial charge is 0.368 e. The van der Waals surface area contributed by atoms with Crippen molar-refractivity contribution < 1.29 is 14.3 Å². The molecule has 2 amide bonds. The molecule has 2 aliphatic heterocycles. The zero-order valence-corrected chi connectivity index (χ0v) is 16.2. The molecule has 3 rings (SSSR count). The molecular weight excluding hydrogens is 342 g/mol. The summed E-state index contributed by atoms with van der Waals surface area (Å²) in [6.45, 7) is 6.98. The first-order chi connectivity index (χ1) is 13.1. The Hall–Kier alpha value is -1.92. The second-order valence-electron chi connectivity index (χ2n) is 7.71. The molecule has 6 heteroatoms. The minimum absolute atomic E-state index is 0.101. The summed E-state index contributed by atoms with van der Waals surface area (Å²) in [4.78, 5) is 27.0. The van der Waals surface area contributed by atoms with E-state index in [9.17, 15) is 9.59 Å². The highest BCUT2D eigenvalue weighted by atomic mass is 16.5. The van der Waals surface area contributed by atoms with Gasteiger partial charge < -0.3 is 20.3 Å². The Balaban J connectivity index is 1.41. The molecular formula is C21H31N3O3. The summed E-state index contributed by atoms with van der Waals surface area (Å²) in [7, 11) is 0. The van der Waals surface area contributed by atoms with E-state index < -0.39 is 0 Å². The molecule has 2 saturated heterocycles. The highest BCUT2D eigenvalue weighted by molar-refractivity contribution is 5.98. The Kier molecular flexibility index (Phi) is 7.24. The first-order valence-electron chi connectivity index (χ1n) is 10.1. The minimum atomic E-state index is -0.375. The highest BCUT2D eigenvalue weighted by Crippen LogP contribution is 2.17. The molecule has 0 saturated carbocycles. The van der Waals surface area contributed by atoms with Gasteiger partial charge in [0, 0.05) is 24.4 Å². The number of hydrogen-bond donors (Lipinski definition) is 2. The molecule has 2 N–H and O–H groups in total. The number of rotatable bonds is 7. The summed E-state index contributed by atoms with van der Waals surface area (Å²) in [5.74, 6) is 0.602. The van der Waals surface area contributed by atoms with Crippen LogP contribution in [-0.2, 0) is 9.53 Å². The Morgan fingerprint density at radius 1 is 1.22 bits per heavy atom. The lowest BCUT2D eigenvalue weighted by atomic mass is 9.99. The van der Waals surface area contributed by atoms with Gasteiger partial charge in [-0.1, -0.05) is 13.0 Å². The Bertz CT molecular complexity index is 635. The molecule has 1 atom stereocenters. The molecule has 2 heterocycles. The van der Waals surface area contributed by atoms with Gasteiger partial charge in [-0.3, -0.25) is 9.59 Å². The monoisotopic (exact) mass is 373 g/mol. The van der Waals surface area contributed by atoms with Crippen molar-refractivity contribution in [2.75, 3.05) is 38.1 Å². The number of carbonyl (C=O) groups is 2. The summed E-state index contributed by atoms with van der Waals surface area (Å²) in [5, 5.41) is 5.82. The molecule has 27 heavy (non-hydrogen) atoms. The van der Waals surface area contributed by atoms with Gasteiger partial charge in [-0.25, -0.2) is 0 Å². The van der Waals surface area contributed by atoms with Gasteiger partial charge in [-0.05, 0) is 75.9 Å². The topological polar surface area (TPSA) is 70.7 Å². The molecule has 2 fully saturated rings. The first kappa shape index (κ1) is 19.8. The average molecular weight is 373 g/mol. The van der Waals surface area contributed by atoms with Gasteiger partial charge in [0.1, 0.15) is 6.10 Å². The maximum absolute atomic E-state index is 12.4. The number of likely N-dealkylation sites (tertiary alicyclic amines) is 1. The van der Waals surface area contributed by atoms with Crippen LogP contribution in [0.25, 0.3) is 0 Å². The fourth-order valence-corrected chi connectivity index (χ4v) is 3.64. The van der Waals surface area contributed by atoms with Gasteiger partial charge in [0.15, 0.2) is 0 Å². The quantitative estimate of drug-likeness (QED) is 0.721. The minimum Gasteiger partial charge on any atom is -0.368 e. The van der Waals surface area contributed by atoms with E-state index in [-0.39, 0.29) is 17.9 Å². The van der Waals surface area contributed by atoms with Crippen molar-refractivity contribution in [3.05, 3.63) is 29.8 Å². The molecule has 1 aromatic carbocycles. The number of nitrogens with zero attached hydrogens (tertiary/aromatic N) is 1. The van der Waals surface area contributed by atoms with Crippen molar-refractivity contribution in [2.24, 2.45) is 5.92 Å². The summed E-state index contributed by atoms with van der Waals surface area (Å²) < 4.78 is 5.39. The third-order valence-corrected chi connectivity index (χ3v) is 5.43. The van der Waals surface area contributed by atoms with E-state index >= 15 is 0 Å². The normalized spacial score (nSPS) is 21.1. The average Bonchev–Trinajstić information content (AvgIpc) is 3.22. The first-order valence-corrected chi connectivity index (χ1v) is 10.1. The fourth-order valence-electron chi connectivity index (χ4n) is 3.64. The number of anilines is 1. The number of ether oxygens (including phenoxy) is 1. The maximum atomic E-state index is 12.4. The third kappa shape index (κ3) is 6.04. The standard InChI is InChI=1S/C21H31N3O3/c1-16-8-12-24(13-9-16)11-4-10-22-20(25)17-5-2-6-18(15-17)23-21(26)19-7-3-14-27-19/h2,5-6,15-16,19H,3-4,7-14H2,1H3,(H,22,25)(H,23,26). The number of benzene rings is 1. The van der Waals surface area contributed by atoms with Crippen LogP contribution in [0.3, 0.4) is 0 Å². The highest BCUT2D eigenvalue weighted by Gasteiger charge is 2.23. The second-order valence-corrected chi connectivity index (χ2v) is 7.71. The molecule has 0 aliphatic carbocycles. The smallest absolute Gasteiger partial charge is 0.253 e. The van der Waals surface area contributed by atoms with Gasteiger partial charge in [0.05, 0.1) is 0 Å². The van der Waals surface area contributed by atoms with Crippen LogP contribution in [0.15, 0.2) is 24.3 Å². The van der Waals surface area contributed by atoms with Crippen molar-refractivity contribution >= 4 is 17.5 Å². The lowest BCUT2D eigenvalue weighted by molar-refractivity contribution is -0.124. The van der Waals surface area contributed by atoms with Crippen LogP contribution in [0, 0.1) is 5.92 Å². The number of hydrogen-bond acceptors (Lipinski definition) is 4. The van der Waals surface area contributed by atoms with Gasteiger partial charge in [0.25, 0.3) is 11.8 Å². The Morgan fingerprint density at radius 2 is 2.04 bits per heavy atom. The van der Waals surface area contributed by atoms with E-state index in [1.54, 1.807) is 24.3 Å². The van der Waals surface area contributed by atoms with Crippen molar-refractivity contribution in [1.29, 1.82) is 0 Å². The third-order valence-electron chi connectivity index (χ3n) is 5.43. The summed E-state index contributed by atoms with van der Waals surface area (Å²) in [6.07, 6.45) is 4.79. The van der Waals surface area contributed by atoms with E-state index in [0.717, 1.165) is 31.7 Å². The van der Waals surface area contributed by atoms with Crippen LogP contribution in [0.4, 0.5) is 5.69 Å². The van der Waals surface area contributed by atoms with Gasteiger partial charge in [0.2, 0.25) is 0 Å². The number of amides is 2. The molecule has 148 valence electrons. The predicted molar refractivity (Wildman–Crippen MR) is 106 cm³/mol. The van der Waals surface area contributed by atoms with E-state index in [1.807, 2.05) is 0 Å². The SMILES string of the molecule is CC1CCN(CCCNC(=O)c2cccc(NC(=O)C3CCCO3)c2)CC1. The number of carbonyl (C=O) groups excluding carboxylic acids is 2. The molecule has 2 aliphatic rings. The molecule has 0 aromatic heterocycles. The molecule has 1 unspecified atom stereocenters. The summed E-state index contributed by atoms with van der Waals surface area (Å²) in [6, 6.07) is 7.06. The maximum Gasteiger partial charge on any atom is 0.253 e. The molecule has 0 bridgehead atoms. The summed E-state index contributed by atoms with van der Waals surface area (Å²) >= 11 is 0. The Labute approximate surface area is 161 Å². The lowest BCUT2D eigenvalue weighted by Gasteiger charge is -2.30. The van der Waals surface area contributed by atoms with Crippen molar-refractivity contribution in [3.8, 4) is 0 Å². The van der Waals surface area contributed by atoms with Gasteiger partial charge in [-0.2, -0.15) is 0 Å². The van der Waals surface area contributed by atoms with E-state index in [2.05, 4.69) is 22.5 Å². The van der Waals surface area contributed by atoms with Crippen LogP contribution in [0.2, 0.25) is 0 Å². The van der Waals surface area contributed by atoms with Crippen LogP contribution >= 0.6 is 0 Å². The summed E-state index contributed by atoms with van der Waals surface area (Å²) in [5.41, 5.74) is 1.19. The molecule has 0 spiro atoms. The van der Waals surface area contributed by atoms with E-state index in [1.165, 1.54) is 25.9 Å². The van der Waals surface area contributed by atoms with Crippen molar-refractivity contribution in [2.45, 2.75) is 45.1 Å². The number of piperidine rings is 1. The van der Waals surface area contributed by atoms with Gasteiger partial charge in [-0.15, -0.1) is 0 Å². The molecule has 6 nitrogen and oxygen atoms in total. The predicted octanol–water partition coefficient (Wildman–Crippen LogP) is 2.66. The van der Waals surface area contributed by atoms with E-state index in [4.69, 9.17) is 4.74 Å². The van der Waals surface area contributed by atoms with Crippen molar-refractivity contribution in [3.63, 3.8) is 0 Å². The lowest BCUT2D eigenvalue weighted by Crippen LogP contribution is -2.35. The van der Waals surface area contributed by atoms with Crippen molar-refractivity contribution in [1.82, 2.24) is 10.2 Å². The second kappa shape index (κ2) is 9.85. The van der Waals surface area contributed by atoms with Gasteiger partial charge >= 0.3 is 0 Å².